The summed E-state index contributed by atoms with van der Waals surface area (Å²) in [6.07, 6.45) is 21.4. The van der Waals surface area contributed by atoms with Crippen LogP contribution in [0.3, 0.4) is 0 Å². The Balaban J connectivity index is 2.32. The molecule has 0 spiro atoms. The van der Waals surface area contributed by atoms with Gasteiger partial charge in [-0.2, -0.15) is 0 Å². The lowest BCUT2D eigenvalue weighted by molar-refractivity contribution is 0.597. The summed E-state index contributed by atoms with van der Waals surface area (Å²) in [6.45, 7) is 12.8. The van der Waals surface area contributed by atoms with E-state index in [2.05, 4.69) is 149 Å². The Bertz CT molecular complexity index is 1010. The summed E-state index contributed by atoms with van der Waals surface area (Å²) in [7, 11) is 0. The van der Waals surface area contributed by atoms with Gasteiger partial charge in [0.2, 0.25) is 0 Å². The van der Waals surface area contributed by atoms with Gasteiger partial charge in [-0.15, -0.1) is 0 Å². The predicted molar refractivity (Wildman–Crippen MR) is 144 cm³/mol. The number of benzene rings is 2. The minimum absolute atomic E-state index is 0.0500. The van der Waals surface area contributed by atoms with E-state index in [1.165, 1.54) is 11.1 Å². The van der Waals surface area contributed by atoms with Gasteiger partial charge in [-0.25, -0.2) is 0 Å². The third kappa shape index (κ3) is 6.85. The van der Waals surface area contributed by atoms with Crippen molar-refractivity contribution in [3.8, 4) is 0 Å². The molecule has 1 nitrogen and oxygen atoms in total. The van der Waals surface area contributed by atoms with Crippen LogP contribution in [0.15, 0.2) is 121 Å². The number of para-hydroxylation sites is 1. The number of anilines is 2. The zero-order valence-electron chi connectivity index (χ0n) is 20.4. The van der Waals surface area contributed by atoms with Crippen LogP contribution in [-0.2, 0) is 0 Å². The number of nitrogens with zero attached hydrogens (tertiary/aromatic N) is 1. The van der Waals surface area contributed by atoms with Gasteiger partial charge in [0.15, 0.2) is 0 Å². The molecule has 0 fully saturated rings. The van der Waals surface area contributed by atoms with Gasteiger partial charge in [-0.1, -0.05) is 98.9 Å². The molecular formula is C31H37N. The highest BCUT2D eigenvalue weighted by Gasteiger charge is 2.17. The van der Waals surface area contributed by atoms with Gasteiger partial charge in [0.25, 0.3) is 0 Å². The van der Waals surface area contributed by atoms with Crippen LogP contribution in [0.4, 0.5) is 11.4 Å². The van der Waals surface area contributed by atoms with Gasteiger partial charge in [-0.05, 0) is 69.2 Å². The maximum atomic E-state index is 2.28. The molecule has 0 aliphatic rings. The van der Waals surface area contributed by atoms with E-state index < -0.39 is 0 Å². The molecule has 0 aromatic heterocycles. The molecular weight excluding hydrogens is 386 g/mol. The molecule has 0 amide bonds. The number of allylic oxidation sites excluding steroid dienone is 10. The van der Waals surface area contributed by atoms with Crippen LogP contribution in [-0.4, -0.2) is 0 Å². The highest BCUT2D eigenvalue weighted by molar-refractivity contribution is 5.71. The van der Waals surface area contributed by atoms with Gasteiger partial charge >= 0.3 is 0 Å². The average molecular weight is 424 g/mol. The largest absolute Gasteiger partial charge is 0.311 e. The van der Waals surface area contributed by atoms with E-state index in [9.17, 15) is 0 Å². The second-order valence-electron chi connectivity index (χ2n) is 8.16. The molecule has 0 aliphatic carbocycles. The summed E-state index contributed by atoms with van der Waals surface area (Å²) in [5.74, 6) is 0. The van der Waals surface area contributed by atoms with Crippen molar-refractivity contribution in [2.24, 2.45) is 5.41 Å². The number of rotatable bonds is 9. The Kier molecular flexibility index (Phi) is 9.76. The van der Waals surface area contributed by atoms with E-state index in [1.54, 1.807) is 0 Å². The Morgan fingerprint density at radius 3 is 1.94 bits per heavy atom. The molecule has 2 aromatic carbocycles. The fraction of sp³-hybridized carbons (Fsp3) is 0.226. The van der Waals surface area contributed by atoms with Gasteiger partial charge in [0.05, 0.1) is 0 Å². The molecule has 0 heterocycles. The van der Waals surface area contributed by atoms with Gasteiger partial charge in [-0.3, -0.25) is 0 Å². The first-order valence-electron chi connectivity index (χ1n) is 11.4. The standard InChI is InChI=1S/C31H37N/c1-7-11-13-17-27(9-3)31(5,6)25-24-26-20-22-30(23-21-26)32(28(10-4)16-8-2)29-18-14-12-15-19-29/h7-25H,1-6H3/b11-7-,16-8-,17-13-,25-24+,27-9+,28-10+. The lowest BCUT2D eigenvalue weighted by Gasteiger charge is -2.26. The van der Waals surface area contributed by atoms with E-state index >= 15 is 0 Å². The minimum atomic E-state index is -0.0500. The van der Waals surface area contributed by atoms with E-state index in [1.807, 2.05) is 13.0 Å². The molecule has 0 N–H and O–H groups in total. The minimum Gasteiger partial charge on any atom is -0.311 e. The number of hydrogen-bond donors (Lipinski definition) is 0. The highest BCUT2D eigenvalue weighted by Crippen LogP contribution is 2.32. The Morgan fingerprint density at radius 1 is 0.719 bits per heavy atom. The predicted octanol–water partition coefficient (Wildman–Crippen LogP) is 9.42. The van der Waals surface area contributed by atoms with Crippen molar-refractivity contribution in [2.75, 3.05) is 4.90 Å². The summed E-state index contributed by atoms with van der Waals surface area (Å²) in [5.41, 5.74) is 5.87. The summed E-state index contributed by atoms with van der Waals surface area (Å²) in [6, 6.07) is 19.2. The van der Waals surface area contributed by atoms with Crippen LogP contribution in [0, 0.1) is 5.41 Å². The van der Waals surface area contributed by atoms with Gasteiger partial charge in [0.1, 0.15) is 0 Å². The van der Waals surface area contributed by atoms with Crippen molar-refractivity contribution < 1.29 is 0 Å². The second-order valence-corrected chi connectivity index (χ2v) is 8.16. The fourth-order valence-corrected chi connectivity index (χ4v) is 3.58. The molecule has 0 bridgehead atoms. The summed E-state index contributed by atoms with van der Waals surface area (Å²) < 4.78 is 0. The SMILES string of the molecule is C\C=C/C=C\C(=C/C)C(C)(C)/C=C/c1ccc(N(C(/C=C\C)=C/C)c2ccccc2)cc1. The quantitative estimate of drug-likeness (QED) is 0.363. The Morgan fingerprint density at radius 2 is 1.38 bits per heavy atom. The topological polar surface area (TPSA) is 3.24 Å². The lowest BCUT2D eigenvalue weighted by atomic mass is 9.83. The van der Waals surface area contributed by atoms with E-state index in [-0.39, 0.29) is 5.41 Å². The van der Waals surface area contributed by atoms with Crippen LogP contribution in [0.5, 0.6) is 0 Å². The molecule has 1 heteroatoms. The lowest BCUT2D eigenvalue weighted by Crippen LogP contribution is -2.14. The maximum Gasteiger partial charge on any atom is 0.0461 e. The van der Waals surface area contributed by atoms with Crippen LogP contribution in [0.2, 0.25) is 0 Å². The molecule has 0 atom stereocenters. The van der Waals surface area contributed by atoms with E-state index in [4.69, 9.17) is 0 Å². The third-order valence-corrected chi connectivity index (χ3v) is 5.38. The monoisotopic (exact) mass is 423 g/mol. The van der Waals surface area contributed by atoms with Crippen molar-refractivity contribution in [3.05, 3.63) is 126 Å². The molecule has 32 heavy (non-hydrogen) atoms. The van der Waals surface area contributed by atoms with Crippen molar-refractivity contribution in [2.45, 2.75) is 41.5 Å². The highest BCUT2D eigenvalue weighted by atomic mass is 15.1. The Hall–Kier alpha value is -3.32. The molecule has 0 saturated heterocycles. The first kappa shape index (κ1) is 24.9. The maximum absolute atomic E-state index is 2.28. The molecule has 0 aliphatic heterocycles. The third-order valence-electron chi connectivity index (χ3n) is 5.38. The zero-order valence-corrected chi connectivity index (χ0v) is 20.4. The van der Waals surface area contributed by atoms with Crippen molar-refractivity contribution in [1.82, 2.24) is 0 Å². The van der Waals surface area contributed by atoms with Crippen molar-refractivity contribution >= 4 is 17.5 Å². The van der Waals surface area contributed by atoms with Crippen LogP contribution in [0.1, 0.15) is 47.1 Å². The summed E-state index contributed by atoms with van der Waals surface area (Å²) in [5, 5.41) is 0. The van der Waals surface area contributed by atoms with Gasteiger partial charge in [0, 0.05) is 22.5 Å². The van der Waals surface area contributed by atoms with Crippen LogP contribution < -0.4 is 4.90 Å². The van der Waals surface area contributed by atoms with Gasteiger partial charge < -0.3 is 4.90 Å². The first-order chi connectivity index (χ1) is 15.5. The smallest absolute Gasteiger partial charge is 0.0461 e. The van der Waals surface area contributed by atoms with Crippen molar-refractivity contribution in [1.29, 1.82) is 0 Å². The van der Waals surface area contributed by atoms with Crippen LogP contribution >= 0.6 is 0 Å². The molecule has 0 radical (unpaired) electrons. The number of hydrogen-bond acceptors (Lipinski definition) is 1. The molecule has 0 unspecified atom stereocenters. The summed E-state index contributed by atoms with van der Waals surface area (Å²) in [4.78, 5) is 2.28. The zero-order chi connectivity index (χ0) is 23.4. The van der Waals surface area contributed by atoms with Crippen LogP contribution in [0.25, 0.3) is 6.08 Å². The average Bonchev–Trinajstić information content (AvgIpc) is 2.81. The summed E-state index contributed by atoms with van der Waals surface area (Å²) >= 11 is 0. The molecule has 166 valence electrons. The van der Waals surface area contributed by atoms with E-state index in [0.29, 0.717) is 0 Å². The second kappa shape index (κ2) is 12.5. The fourth-order valence-electron chi connectivity index (χ4n) is 3.58. The van der Waals surface area contributed by atoms with E-state index in [0.717, 1.165) is 17.1 Å². The molecule has 0 saturated carbocycles. The first-order valence-corrected chi connectivity index (χ1v) is 11.4. The molecule has 2 rings (SSSR count). The van der Waals surface area contributed by atoms with Crippen molar-refractivity contribution in [3.63, 3.8) is 0 Å². The normalized spacial score (nSPS) is 13.8. The molecule has 2 aromatic rings. The Labute approximate surface area is 195 Å².